The van der Waals surface area contributed by atoms with Gasteiger partial charge in [-0.25, -0.2) is 4.79 Å². The number of benzene rings is 1. The van der Waals surface area contributed by atoms with E-state index in [0.29, 0.717) is 19.6 Å². The molecule has 0 aromatic heterocycles. The van der Waals surface area contributed by atoms with Crippen molar-refractivity contribution < 1.29 is 19.4 Å². The Morgan fingerprint density at radius 2 is 2.14 bits per heavy atom. The fourth-order valence-corrected chi connectivity index (χ4v) is 2.47. The Kier molecular flexibility index (Phi) is 4.80. The second-order valence-electron chi connectivity index (χ2n) is 5.18. The number of anilines is 1. The van der Waals surface area contributed by atoms with Crippen molar-refractivity contribution in [2.75, 3.05) is 38.8 Å². The van der Waals surface area contributed by atoms with E-state index in [2.05, 4.69) is 0 Å². The molecular formula is C15H20N2O4. The van der Waals surface area contributed by atoms with E-state index in [4.69, 9.17) is 4.74 Å². The Hall–Kier alpha value is -2.08. The molecule has 1 atom stereocenters. The number of hydrogen-bond donors (Lipinski definition) is 1. The Balaban J connectivity index is 2.24. The van der Waals surface area contributed by atoms with Crippen LogP contribution in [-0.4, -0.2) is 55.9 Å². The summed E-state index contributed by atoms with van der Waals surface area (Å²) in [4.78, 5) is 26.9. The second-order valence-corrected chi connectivity index (χ2v) is 5.18. The van der Waals surface area contributed by atoms with E-state index < -0.39 is 11.9 Å². The molecular weight excluding hydrogens is 272 g/mol. The van der Waals surface area contributed by atoms with Gasteiger partial charge in [0.25, 0.3) is 0 Å². The van der Waals surface area contributed by atoms with Gasteiger partial charge in [0.05, 0.1) is 12.5 Å². The molecule has 1 aliphatic heterocycles. The molecule has 0 saturated heterocycles. The number of methoxy groups -OCH3 is 1. The van der Waals surface area contributed by atoms with Crippen LogP contribution in [-0.2, 0) is 16.0 Å². The van der Waals surface area contributed by atoms with Gasteiger partial charge in [0, 0.05) is 32.9 Å². The molecule has 1 unspecified atom stereocenters. The van der Waals surface area contributed by atoms with E-state index in [1.807, 2.05) is 24.3 Å². The van der Waals surface area contributed by atoms with Gasteiger partial charge in [-0.15, -0.1) is 0 Å². The predicted octanol–water partition coefficient (Wildman–Crippen LogP) is 1.45. The smallest absolute Gasteiger partial charge is 0.324 e. The lowest BCUT2D eigenvalue weighted by Gasteiger charge is -2.35. The number of ether oxygens (including phenoxy) is 1. The zero-order valence-corrected chi connectivity index (χ0v) is 12.3. The van der Waals surface area contributed by atoms with E-state index in [1.165, 1.54) is 0 Å². The first-order valence-electron chi connectivity index (χ1n) is 6.87. The summed E-state index contributed by atoms with van der Waals surface area (Å²) in [6.45, 7) is 1.11. The number of carboxylic acids is 1. The van der Waals surface area contributed by atoms with Gasteiger partial charge < -0.3 is 14.7 Å². The first-order valence-corrected chi connectivity index (χ1v) is 6.87. The monoisotopic (exact) mass is 292 g/mol. The third-order valence-corrected chi connectivity index (χ3v) is 3.69. The molecule has 21 heavy (non-hydrogen) atoms. The number of fused-ring (bicyclic) bond motifs is 1. The van der Waals surface area contributed by atoms with Crippen LogP contribution in [0.5, 0.6) is 0 Å². The van der Waals surface area contributed by atoms with Gasteiger partial charge in [0.1, 0.15) is 0 Å². The van der Waals surface area contributed by atoms with E-state index >= 15 is 0 Å². The van der Waals surface area contributed by atoms with E-state index in [0.717, 1.165) is 11.3 Å². The van der Waals surface area contributed by atoms with Crippen LogP contribution >= 0.6 is 0 Å². The molecule has 1 aromatic carbocycles. The molecule has 0 spiro atoms. The highest BCUT2D eigenvalue weighted by molar-refractivity contribution is 5.94. The molecule has 0 bridgehead atoms. The Morgan fingerprint density at radius 1 is 1.43 bits per heavy atom. The minimum absolute atomic E-state index is 0.197. The van der Waals surface area contributed by atoms with Crippen molar-refractivity contribution in [3.05, 3.63) is 29.8 Å². The summed E-state index contributed by atoms with van der Waals surface area (Å²) in [5, 5.41) is 9.27. The molecule has 1 aliphatic rings. The summed E-state index contributed by atoms with van der Waals surface area (Å²) in [6.07, 6.45) is 0.455. The zero-order valence-electron chi connectivity index (χ0n) is 12.3. The number of urea groups is 1. The molecule has 0 radical (unpaired) electrons. The number of carbonyl (C=O) groups is 2. The molecule has 6 heteroatoms. The Bertz CT molecular complexity index is 532. The SMILES string of the molecule is COCCN(C)C(=O)N1CC(C(=O)O)Cc2ccccc21. The lowest BCUT2D eigenvalue weighted by Crippen LogP contribution is -2.48. The maximum Gasteiger partial charge on any atom is 0.324 e. The lowest BCUT2D eigenvalue weighted by molar-refractivity contribution is -0.141. The van der Waals surface area contributed by atoms with Crippen LogP contribution in [0, 0.1) is 5.92 Å². The number of likely N-dealkylation sites (N-methyl/N-ethyl adjacent to an activating group) is 1. The maximum absolute atomic E-state index is 12.5. The highest BCUT2D eigenvalue weighted by atomic mass is 16.5. The van der Waals surface area contributed by atoms with Crippen LogP contribution in [0.1, 0.15) is 5.56 Å². The average molecular weight is 292 g/mol. The van der Waals surface area contributed by atoms with Gasteiger partial charge in [-0.1, -0.05) is 18.2 Å². The number of hydrogen-bond acceptors (Lipinski definition) is 3. The van der Waals surface area contributed by atoms with Gasteiger partial charge in [-0.3, -0.25) is 9.69 Å². The van der Waals surface area contributed by atoms with Crippen molar-refractivity contribution in [3.63, 3.8) is 0 Å². The molecule has 1 aromatic rings. The lowest BCUT2D eigenvalue weighted by atomic mass is 9.93. The largest absolute Gasteiger partial charge is 0.481 e. The van der Waals surface area contributed by atoms with E-state index in [-0.39, 0.29) is 12.6 Å². The summed E-state index contributed by atoms with van der Waals surface area (Å²) in [6, 6.07) is 7.25. The zero-order chi connectivity index (χ0) is 15.4. The molecule has 2 rings (SSSR count). The Morgan fingerprint density at radius 3 is 2.81 bits per heavy atom. The van der Waals surface area contributed by atoms with Gasteiger partial charge in [0.2, 0.25) is 0 Å². The second kappa shape index (κ2) is 6.58. The summed E-state index contributed by atoms with van der Waals surface area (Å²) in [7, 11) is 3.27. The van der Waals surface area contributed by atoms with Crippen molar-refractivity contribution in [1.82, 2.24) is 4.90 Å². The van der Waals surface area contributed by atoms with Crippen LogP contribution in [0.2, 0.25) is 0 Å². The number of carbonyl (C=O) groups excluding carboxylic acids is 1. The molecule has 6 nitrogen and oxygen atoms in total. The fraction of sp³-hybridized carbons (Fsp3) is 0.467. The molecule has 0 fully saturated rings. The molecule has 0 saturated carbocycles. The standard InChI is InChI=1S/C15H20N2O4/c1-16(7-8-21-2)15(20)17-10-12(14(18)19)9-11-5-3-4-6-13(11)17/h3-6,12H,7-10H2,1-2H3,(H,18,19). The highest BCUT2D eigenvalue weighted by Gasteiger charge is 2.33. The van der Waals surface area contributed by atoms with E-state index in [9.17, 15) is 14.7 Å². The summed E-state index contributed by atoms with van der Waals surface area (Å²) < 4.78 is 4.97. The van der Waals surface area contributed by atoms with Crippen LogP contribution < -0.4 is 4.90 Å². The quantitative estimate of drug-likeness (QED) is 0.912. The van der Waals surface area contributed by atoms with Crippen LogP contribution in [0.4, 0.5) is 10.5 Å². The summed E-state index contributed by atoms with van der Waals surface area (Å²) >= 11 is 0. The topological polar surface area (TPSA) is 70.1 Å². The fourth-order valence-electron chi connectivity index (χ4n) is 2.47. The van der Waals surface area contributed by atoms with Crippen molar-refractivity contribution in [3.8, 4) is 0 Å². The molecule has 114 valence electrons. The minimum Gasteiger partial charge on any atom is -0.481 e. The molecule has 2 amide bonds. The Labute approximate surface area is 123 Å². The number of amides is 2. The predicted molar refractivity (Wildman–Crippen MR) is 78.5 cm³/mol. The third-order valence-electron chi connectivity index (χ3n) is 3.69. The van der Waals surface area contributed by atoms with Gasteiger partial charge in [-0.2, -0.15) is 0 Å². The molecule has 1 N–H and O–H groups in total. The van der Waals surface area contributed by atoms with Crippen LogP contribution in [0.15, 0.2) is 24.3 Å². The van der Waals surface area contributed by atoms with Gasteiger partial charge >= 0.3 is 12.0 Å². The number of rotatable bonds is 4. The maximum atomic E-state index is 12.5. The van der Waals surface area contributed by atoms with Crippen molar-refractivity contribution in [1.29, 1.82) is 0 Å². The van der Waals surface area contributed by atoms with Crippen molar-refractivity contribution >= 4 is 17.7 Å². The molecule has 1 heterocycles. The number of carboxylic acid groups (broad SMARTS) is 1. The third kappa shape index (κ3) is 3.33. The number of para-hydroxylation sites is 1. The van der Waals surface area contributed by atoms with Gasteiger partial charge in [0.15, 0.2) is 0 Å². The first-order chi connectivity index (χ1) is 10.0. The highest BCUT2D eigenvalue weighted by Crippen LogP contribution is 2.30. The van der Waals surface area contributed by atoms with Crippen molar-refractivity contribution in [2.45, 2.75) is 6.42 Å². The van der Waals surface area contributed by atoms with E-state index in [1.54, 1.807) is 24.0 Å². The van der Waals surface area contributed by atoms with Gasteiger partial charge in [-0.05, 0) is 18.1 Å². The van der Waals surface area contributed by atoms with Crippen molar-refractivity contribution in [2.24, 2.45) is 5.92 Å². The number of aliphatic carboxylic acids is 1. The molecule has 0 aliphatic carbocycles. The van der Waals surface area contributed by atoms with Crippen LogP contribution in [0.3, 0.4) is 0 Å². The summed E-state index contributed by atoms with van der Waals surface area (Å²) in [5.74, 6) is -1.44. The summed E-state index contributed by atoms with van der Waals surface area (Å²) in [5.41, 5.74) is 1.69. The average Bonchev–Trinajstić information content (AvgIpc) is 2.50. The first kappa shape index (κ1) is 15.3. The minimum atomic E-state index is -0.873. The van der Waals surface area contributed by atoms with Crippen LogP contribution in [0.25, 0.3) is 0 Å². The normalized spacial score (nSPS) is 17.2. The number of nitrogens with zero attached hydrogens (tertiary/aromatic N) is 2.